The van der Waals surface area contributed by atoms with Gasteiger partial charge < -0.3 is 14.5 Å². The zero-order chi connectivity index (χ0) is 19.1. The first kappa shape index (κ1) is 19.5. The lowest BCUT2D eigenvalue weighted by molar-refractivity contribution is 0.161. The largest absolute Gasteiger partial charge is 0.491 e. The van der Waals surface area contributed by atoms with Crippen LogP contribution in [0.2, 0.25) is 0 Å². The molecule has 0 aliphatic heterocycles. The second kappa shape index (κ2) is 9.62. The summed E-state index contributed by atoms with van der Waals surface area (Å²) in [6.45, 7) is 5.10. The third kappa shape index (κ3) is 5.15. The molecule has 1 aromatic heterocycles. The molecule has 0 atom stereocenters. The van der Waals surface area contributed by atoms with Crippen molar-refractivity contribution in [3.8, 4) is 5.75 Å². The van der Waals surface area contributed by atoms with Gasteiger partial charge in [0.1, 0.15) is 11.6 Å². The second-order valence-corrected chi connectivity index (χ2v) is 7.29. The van der Waals surface area contributed by atoms with Crippen LogP contribution in [0.1, 0.15) is 77.0 Å². The number of benzene rings is 1. The number of rotatable bonds is 8. The molecule has 1 aromatic carbocycles. The Morgan fingerprint density at radius 1 is 1.19 bits per heavy atom. The van der Waals surface area contributed by atoms with Crippen LogP contribution >= 0.6 is 0 Å². The van der Waals surface area contributed by atoms with Crippen LogP contribution in [0.5, 0.6) is 5.75 Å². The number of ether oxygens (including phenoxy) is 2. The zero-order valence-corrected chi connectivity index (χ0v) is 16.5. The number of amides is 1. The quantitative estimate of drug-likeness (QED) is 0.578. The second-order valence-electron chi connectivity index (χ2n) is 7.29. The van der Waals surface area contributed by atoms with Gasteiger partial charge in [0.05, 0.1) is 29.9 Å². The van der Waals surface area contributed by atoms with Crippen LogP contribution in [-0.2, 0) is 4.74 Å². The minimum Gasteiger partial charge on any atom is -0.491 e. The third-order valence-corrected chi connectivity index (χ3v) is 5.02. The topological polar surface area (TPSA) is 76.2 Å². The first-order valence-electron chi connectivity index (χ1n) is 10.3. The smallest absolute Gasteiger partial charge is 0.411 e. The molecule has 2 aromatic rings. The van der Waals surface area contributed by atoms with E-state index in [1.807, 2.05) is 19.1 Å². The van der Waals surface area contributed by atoms with Gasteiger partial charge in [-0.15, -0.1) is 0 Å². The fourth-order valence-electron chi connectivity index (χ4n) is 3.51. The minimum absolute atomic E-state index is 0.399. The molecule has 0 bridgehead atoms. The van der Waals surface area contributed by atoms with E-state index in [2.05, 4.69) is 17.2 Å². The van der Waals surface area contributed by atoms with Gasteiger partial charge >= 0.3 is 6.09 Å². The molecule has 148 valence electrons. The van der Waals surface area contributed by atoms with E-state index in [0.29, 0.717) is 30.6 Å². The number of hydrogen-bond acceptors (Lipinski definition) is 4. The van der Waals surface area contributed by atoms with Gasteiger partial charge in [-0.3, -0.25) is 5.32 Å². The Balaban J connectivity index is 1.84. The highest BCUT2D eigenvalue weighted by molar-refractivity contribution is 5.92. The number of aromatic amines is 1. The number of hydrogen-bond donors (Lipinski definition) is 2. The summed E-state index contributed by atoms with van der Waals surface area (Å²) in [5, 5.41) is 2.82. The number of fused-ring (bicyclic) bond motifs is 1. The lowest BCUT2D eigenvalue weighted by Crippen LogP contribution is -2.15. The van der Waals surface area contributed by atoms with Gasteiger partial charge in [0.2, 0.25) is 0 Å². The van der Waals surface area contributed by atoms with Crippen molar-refractivity contribution in [2.24, 2.45) is 0 Å². The van der Waals surface area contributed by atoms with Crippen molar-refractivity contribution >= 4 is 22.8 Å². The van der Waals surface area contributed by atoms with Crippen molar-refractivity contribution in [1.29, 1.82) is 0 Å². The standard InChI is InChI=1S/C21H31N3O3/c1-3-5-12-26-19-14-17-16(13-18(19)24-21(25)27-11-4-2)22-20(23-17)15-9-7-6-8-10-15/h13-15H,3-12H2,1-2H3,(H,22,23)(H,24,25). The molecule has 1 fully saturated rings. The molecule has 6 nitrogen and oxygen atoms in total. The van der Waals surface area contributed by atoms with Crippen LogP contribution in [0.4, 0.5) is 10.5 Å². The van der Waals surface area contributed by atoms with Crippen molar-refractivity contribution in [2.45, 2.75) is 71.1 Å². The molecule has 1 aliphatic rings. The van der Waals surface area contributed by atoms with Crippen molar-refractivity contribution in [3.63, 3.8) is 0 Å². The summed E-state index contributed by atoms with van der Waals surface area (Å²) in [6, 6.07) is 3.83. The summed E-state index contributed by atoms with van der Waals surface area (Å²) < 4.78 is 11.1. The van der Waals surface area contributed by atoms with Crippen molar-refractivity contribution in [3.05, 3.63) is 18.0 Å². The summed E-state index contributed by atoms with van der Waals surface area (Å²) in [5.41, 5.74) is 2.43. The Morgan fingerprint density at radius 3 is 2.74 bits per heavy atom. The molecule has 3 rings (SSSR count). The number of carbonyl (C=O) groups is 1. The van der Waals surface area contributed by atoms with E-state index in [0.717, 1.165) is 36.1 Å². The maximum absolute atomic E-state index is 12.0. The molecule has 6 heteroatoms. The van der Waals surface area contributed by atoms with E-state index >= 15 is 0 Å². The molecular formula is C21H31N3O3. The highest BCUT2D eigenvalue weighted by atomic mass is 16.5. The van der Waals surface area contributed by atoms with Crippen LogP contribution in [0.25, 0.3) is 11.0 Å². The SMILES string of the molecule is CCCCOc1cc2nc(C3CCCCC3)[nH]c2cc1NC(=O)OCCC. The molecule has 1 saturated carbocycles. The predicted molar refractivity (Wildman–Crippen MR) is 108 cm³/mol. The number of unbranched alkanes of at least 4 members (excludes halogenated alkanes) is 1. The number of carbonyl (C=O) groups excluding carboxylic acids is 1. The van der Waals surface area contributed by atoms with Crippen molar-refractivity contribution < 1.29 is 14.3 Å². The van der Waals surface area contributed by atoms with E-state index in [4.69, 9.17) is 14.5 Å². The Kier molecular flexibility index (Phi) is 6.96. The average Bonchev–Trinajstić information content (AvgIpc) is 3.10. The number of H-pyrrole nitrogens is 1. The van der Waals surface area contributed by atoms with Gasteiger partial charge in [-0.2, -0.15) is 0 Å². The van der Waals surface area contributed by atoms with Crippen LogP contribution < -0.4 is 10.1 Å². The van der Waals surface area contributed by atoms with Crippen LogP contribution in [0.15, 0.2) is 12.1 Å². The molecular weight excluding hydrogens is 342 g/mol. The van der Waals surface area contributed by atoms with E-state index in [-0.39, 0.29) is 0 Å². The molecule has 0 saturated heterocycles. The lowest BCUT2D eigenvalue weighted by Gasteiger charge is -2.18. The Bertz CT molecular complexity index is 750. The first-order chi connectivity index (χ1) is 13.2. The average molecular weight is 373 g/mol. The number of nitrogens with zero attached hydrogens (tertiary/aromatic N) is 1. The van der Waals surface area contributed by atoms with Gasteiger partial charge in [0.25, 0.3) is 0 Å². The number of nitrogens with one attached hydrogen (secondary N) is 2. The first-order valence-corrected chi connectivity index (χ1v) is 10.3. The van der Waals surface area contributed by atoms with Gasteiger partial charge in [-0.05, 0) is 31.7 Å². The van der Waals surface area contributed by atoms with E-state index < -0.39 is 6.09 Å². The number of anilines is 1. The highest BCUT2D eigenvalue weighted by Gasteiger charge is 2.20. The fraction of sp³-hybridized carbons (Fsp3) is 0.619. The monoisotopic (exact) mass is 373 g/mol. The predicted octanol–water partition coefficient (Wildman–Crippen LogP) is 5.75. The molecule has 0 spiro atoms. The normalized spacial score (nSPS) is 15.0. The summed E-state index contributed by atoms with van der Waals surface area (Å²) in [6.07, 6.45) is 8.58. The summed E-state index contributed by atoms with van der Waals surface area (Å²) in [4.78, 5) is 20.3. The Morgan fingerprint density at radius 2 is 2.00 bits per heavy atom. The van der Waals surface area contributed by atoms with Gasteiger partial charge in [-0.25, -0.2) is 9.78 Å². The summed E-state index contributed by atoms with van der Waals surface area (Å²) >= 11 is 0. The highest BCUT2D eigenvalue weighted by Crippen LogP contribution is 2.35. The Labute approximate surface area is 161 Å². The summed E-state index contributed by atoms with van der Waals surface area (Å²) in [7, 11) is 0. The fourth-order valence-corrected chi connectivity index (χ4v) is 3.51. The van der Waals surface area contributed by atoms with Crippen molar-refractivity contribution in [1.82, 2.24) is 9.97 Å². The van der Waals surface area contributed by atoms with Crippen LogP contribution in [0.3, 0.4) is 0 Å². The van der Waals surface area contributed by atoms with E-state index in [9.17, 15) is 4.79 Å². The van der Waals surface area contributed by atoms with E-state index in [1.54, 1.807) is 0 Å². The number of imidazole rings is 1. The molecule has 0 radical (unpaired) electrons. The minimum atomic E-state index is -0.455. The zero-order valence-electron chi connectivity index (χ0n) is 16.5. The lowest BCUT2D eigenvalue weighted by atomic mass is 9.89. The maximum atomic E-state index is 12.0. The molecule has 1 heterocycles. The molecule has 1 aliphatic carbocycles. The van der Waals surface area contributed by atoms with Crippen molar-refractivity contribution in [2.75, 3.05) is 18.5 Å². The third-order valence-electron chi connectivity index (χ3n) is 5.02. The maximum Gasteiger partial charge on any atom is 0.411 e. The van der Waals surface area contributed by atoms with Crippen LogP contribution in [0, 0.1) is 0 Å². The Hall–Kier alpha value is -2.24. The molecule has 2 N–H and O–H groups in total. The summed E-state index contributed by atoms with van der Waals surface area (Å²) in [5.74, 6) is 2.20. The molecule has 27 heavy (non-hydrogen) atoms. The van der Waals surface area contributed by atoms with Gasteiger partial charge in [-0.1, -0.05) is 39.5 Å². The number of aromatic nitrogens is 2. The van der Waals surface area contributed by atoms with Crippen LogP contribution in [-0.4, -0.2) is 29.3 Å². The molecule has 0 unspecified atom stereocenters. The molecule has 1 amide bonds. The van der Waals surface area contributed by atoms with Gasteiger partial charge in [0.15, 0.2) is 0 Å². The van der Waals surface area contributed by atoms with Gasteiger partial charge in [0, 0.05) is 12.0 Å². The van der Waals surface area contributed by atoms with E-state index in [1.165, 1.54) is 32.1 Å².